The zero-order valence-electron chi connectivity index (χ0n) is 15.6. The van der Waals surface area contributed by atoms with Crippen LogP contribution >= 0.6 is 0 Å². The van der Waals surface area contributed by atoms with Crippen LogP contribution in [-0.4, -0.2) is 65.7 Å². The molecule has 0 saturated carbocycles. The molecule has 2 unspecified atom stereocenters. The predicted octanol–water partition coefficient (Wildman–Crippen LogP) is 8.14. The largest absolute Gasteiger partial charge is 0.457 e. The first-order valence-electron chi connectivity index (χ1n) is 7.79. The van der Waals surface area contributed by atoms with Crippen LogP contribution in [0, 0.1) is 0 Å². The molecular formula is C13F24. The maximum atomic E-state index is 14.5. The van der Waals surface area contributed by atoms with Crippen LogP contribution < -0.4 is 0 Å². The van der Waals surface area contributed by atoms with E-state index in [4.69, 9.17) is 0 Å². The van der Waals surface area contributed by atoms with Gasteiger partial charge in [0.15, 0.2) is 0 Å². The van der Waals surface area contributed by atoms with Crippen LogP contribution in [-0.2, 0) is 0 Å². The van der Waals surface area contributed by atoms with Gasteiger partial charge in [-0.15, -0.1) is 0 Å². The summed E-state index contributed by atoms with van der Waals surface area (Å²) < 4.78 is 318. The summed E-state index contributed by atoms with van der Waals surface area (Å²) in [4.78, 5) is 0. The first kappa shape index (κ1) is 33.1. The summed E-state index contributed by atoms with van der Waals surface area (Å²) in [5.74, 6) is -43.5. The van der Waals surface area contributed by atoms with E-state index in [0.717, 1.165) is 0 Å². The molecule has 1 aliphatic rings. The fraction of sp³-hybridized carbons (Fsp3) is 0.846. The highest BCUT2D eigenvalue weighted by Gasteiger charge is 2.97. The van der Waals surface area contributed by atoms with Crippen LogP contribution in [0.1, 0.15) is 0 Å². The Morgan fingerprint density at radius 3 is 0.649 bits per heavy atom. The molecule has 0 saturated heterocycles. The summed E-state index contributed by atoms with van der Waals surface area (Å²) in [7, 11) is 0. The highest BCUT2D eigenvalue weighted by Crippen LogP contribution is 2.73. The Morgan fingerprint density at radius 2 is 0.514 bits per heavy atom. The van der Waals surface area contributed by atoms with Crippen molar-refractivity contribution in [1.29, 1.82) is 0 Å². The number of allylic oxidation sites excluding steroid dienone is 2. The third kappa shape index (κ3) is 3.64. The zero-order chi connectivity index (χ0) is 30.7. The molecule has 24 heteroatoms. The Labute approximate surface area is 183 Å². The first-order valence-corrected chi connectivity index (χ1v) is 7.79. The molecule has 0 aromatic rings. The van der Waals surface area contributed by atoms with E-state index in [1.807, 2.05) is 0 Å². The highest BCUT2D eigenvalue weighted by molar-refractivity contribution is 5.54. The van der Waals surface area contributed by atoms with Gasteiger partial charge in [-0.3, -0.25) is 0 Å². The molecule has 0 radical (unpaired) electrons. The van der Waals surface area contributed by atoms with Gasteiger partial charge in [-0.05, 0) is 0 Å². The molecule has 37 heavy (non-hydrogen) atoms. The van der Waals surface area contributed by atoms with Crippen molar-refractivity contribution in [2.45, 2.75) is 65.7 Å². The minimum absolute atomic E-state index is 6.42. The summed E-state index contributed by atoms with van der Waals surface area (Å²) in [5, 5.41) is 0. The number of rotatable bonds is 4. The van der Waals surface area contributed by atoms with Gasteiger partial charge in [0.1, 0.15) is 0 Å². The lowest BCUT2D eigenvalue weighted by molar-refractivity contribution is -0.382. The average Bonchev–Trinajstić information content (AvgIpc) is 2.70. The highest BCUT2D eigenvalue weighted by atomic mass is 19.4. The standard InChI is InChI=1S/C13F24/c14-3(10(26,27)28,7(20,21)12(32,33)34)1-2(6(18,19)9(24,25)5(1,16)17)4(15,11(29,30)31)8(22,23)13(35,36)37. The van der Waals surface area contributed by atoms with Gasteiger partial charge in [-0.25, -0.2) is 8.78 Å². The molecule has 0 aromatic heterocycles. The molecule has 0 aliphatic heterocycles. The van der Waals surface area contributed by atoms with Crippen molar-refractivity contribution >= 4 is 0 Å². The van der Waals surface area contributed by atoms with Crippen LogP contribution in [0.2, 0.25) is 0 Å². The van der Waals surface area contributed by atoms with Crippen LogP contribution in [0.4, 0.5) is 105 Å². The van der Waals surface area contributed by atoms with E-state index in [1.54, 1.807) is 0 Å². The van der Waals surface area contributed by atoms with Gasteiger partial charge in [0.2, 0.25) is 0 Å². The average molecular weight is 612 g/mol. The minimum atomic E-state index is -9.15. The second-order valence-corrected chi connectivity index (χ2v) is 6.93. The number of alkyl halides is 24. The van der Waals surface area contributed by atoms with Crippen molar-refractivity contribution in [3.8, 4) is 0 Å². The van der Waals surface area contributed by atoms with E-state index in [-0.39, 0.29) is 0 Å². The van der Waals surface area contributed by atoms with E-state index in [9.17, 15) is 105 Å². The second kappa shape index (κ2) is 7.58. The fourth-order valence-corrected chi connectivity index (χ4v) is 2.95. The molecule has 0 spiro atoms. The fourth-order valence-electron chi connectivity index (χ4n) is 2.95. The minimum Gasteiger partial charge on any atom is -0.221 e. The third-order valence-corrected chi connectivity index (χ3v) is 4.71. The van der Waals surface area contributed by atoms with Crippen LogP contribution in [0.3, 0.4) is 0 Å². The lowest BCUT2D eigenvalue weighted by Crippen LogP contribution is -2.68. The molecule has 220 valence electrons. The number of hydrogen-bond acceptors (Lipinski definition) is 0. The molecule has 0 fully saturated rings. The first-order chi connectivity index (χ1) is 15.5. The van der Waals surface area contributed by atoms with Crippen molar-refractivity contribution in [3.63, 3.8) is 0 Å². The molecule has 0 bridgehead atoms. The smallest absolute Gasteiger partial charge is 0.221 e. The topological polar surface area (TPSA) is 0 Å². The SMILES string of the molecule is FC(F)(F)C(F)(F)C(F)(C1=C(C(F)(C(F)(F)F)C(F)(F)C(F)(F)F)C(F)(F)C(F)(F)C1(F)F)C(F)(F)F. The molecule has 0 nitrogen and oxygen atoms in total. The van der Waals surface area contributed by atoms with E-state index < -0.39 is 76.8 Å². The van der Waals surface area contributed by atoms with Gasteiger partial charge >= 0.3 is 65.7 Å². The summed E-state index contributed by atoms with van der Waals surface area (Å²) >= 11 is 0. The Morgan fingerprint density at radius 1 is 0.324 bits per heavy atom. The van der Waals surface area contributed by atoms with Crippen molar-refractivity contribution < 1.29 is 105 Å². The molecule has 0 amide bonds. The van der Waals surface area contributed by atoms with E-state index in [0.29, 0.717) is 0 Å². The quantitative estimate of drug-likeness (QED) is 0.222. The summed E-state index contributed by atoms with van der Waals surface area (Å²) in [5.41, 5.74) is -31.1. The van der Waals surface area contributed by atoms with Crippen molar-refractivity contribution in [2.75, 3.05) is 0 Å². The van der Waals surface area contributed by atoms with Crippen molar-refractivity contribution in [2.24, 2.45) is 0 Å². The van der Waals surface area contributed by atoms with Gasteiger partial charge in [0.25, 0.3) is 0 Å². The summed E-state index contributed by atoms with van der Waals surface area (Å²) in [6.07, 6.45) is -34.4. The van der Waals surface area contributed by atoms with Crippen LogP contribution in [0.15, 0.2) is 11.1 Å². The van der Waals surface area contributed by atoms with Crippen molar-refractivity contribution in [3.05, 3.63) is 11.1 Å². The molecular weight excluding hydrogens is 612 g/mol. The molecule has 2 atom stereocenters. The van der Waals surface area contributed by atoms with Gasteiger partial charge < -0.3 is 0 Å². The monoisotopic (exact) mass is 612 g/mol. The third-order valence-electron chi connectivity index (χ3n) is 4.71. The van der Waals surface area contributed by atoms with Gasteiger partial charge in [-0.2, -0.15) is 96.6 Å². The van der Waals surface area contributed by atoms with Crippen LogP contribution in [0.25, 0.3) is 0 Å². The van der Waals surface area contributed by atoms with Gasteiger partial charge in [-0.1, -0.05) is 0 Å². The molecule has 1 aliphatic carbocycles. The number of hydrogen-bond donors (Lipinski definition) is 0. The maximum absolute atomic E-state index is 14.5. The molecule has 0 N–H and O–H groups in total. The molecule has 0 heterocycles. The van der Waals surface area contributed by atoms with Gasteiger partial charge in [0, 0.05) is 0 Å². The Bertz CT molecular complexity index is 860. The Hall–Kier alpha value is -1.94. The molecule has 0 aromatic carbocycles. The zero-order valence-corrected chi connectivity index (χ0v) is 15.6. The van der Waals surface area contributed by atoms with Gasteiger partial charge in [0.05, 0.1) is 11.1 Å². The van der Waals surface area contributed by atoms with Crippen LogP contribution in [0.5, 0.6) is 0 Å². The van der Waals surface area contributed by atoms with E-state index >= 15 is 0 Å². The van der Waals surface area contributed by atoms with E-state index in [1.165, 1.54) is 0 Å². The number of halogens is 24. The maximum Gasteiger partial charge on any atom is 0.457 e. The predicted molar refractivity (Wildman–Crippen MR) is 63.7 cm³/mol. The van der Waals surface area contributed by atoms with E-state index in [2.05, 4.69) is 0 Å². The summed E-state index contributed by atoms with van der Waals surface area (Å²) in [6, 6.07) is 0. The normalized spacial score (nSPS) is 24.6. The Balaban J connectivity index is 4.85. The second-order valence-electron chi connectivity index (χ2n) is 6.93. The lowest BCUT2D eigenvalue weighted by atomic mass is 9.77. The summed E-state index contributed by atoms with van der Waals surface area (Å²) in [6.45, 7) is 0. The molecule has 1 rings (SSSR count). The Kier molecular flexibility index (Phi) is 6.78. The lowest BCUT2D eigenvalue weighted by Gasteiger charge is -2.41. The van der Waals surface area contributed by atoms with Crippen molar-refractivity contribution in [1.82, 2.24) is 0 Å².